The molecule has 1 aliphatic heterocycles. The van der Waals surface area contributed by atoms with E-state index in [1.54, 1.807) is 12.1 Å². The van der Waals surface area contributed by atoms with Crippen LogP contribution >= 0.6 is 0 Å². The molecule has 1 saturated heterocycles. The maximum Gasteiger partial charge on any atom is 0.338 e. The van der Waals surface area contributed by atoms with Crippen LogP contribution in [0, 0.1) is 5.92 Å². The predicted molar refractivity (Wildman–Crippen MR) is 85.4 cm³/mol. The fourth-order valence-electron chi connectivity index (χ4n) is 3.48. The van der Waals surface area contributed by atoms with Gasteiger partial charge in [0.2, 0.25) is 0 Å². The summed E-state index contributed by atoms with van der Waals surface area (Å²) in [5.74, 6) is 0.603. The van der Waals surface area contributed by atoms with Gasteiger partial charge in [0.1, 0.15) is 0 Å². The molecule has 0 N–H and O–H groups in total. The minimum Gasteiger partial charge on any atom is -0.462 e. The van der Waals surface area contributed by atoms with Crippen LogP contribution in [0.15, 0.2) is 30.3 Å². The molecule has 0 spiro atoms. The van der Waals surface area contributed by atoms with Crippen molar-refractivity contribution in [3.8, 4) is 0 Å². The molecule has 0 bridgehead atoms. The second kappa shape index (κ2) is 7.60. The lowest BCUT2D eigenvalue weighted by Crippen LogP contribution is -2.46. The number of nitrogens with zero attached hydrogens (tertiary/aromatic N) is 1. The van der Waals surface area contributed by atoms with Gasteiger partial charge in [-0.2, -0.15) is 0 Å². The molecule has 0 radical (unpaired) electrons. The van der Waals surface area contributed by atoms with E-state index in [0.29, 0.717) is 24.3 Å². The van der Waals surface area contributed by atoms with E-state index in [1.165, 1.54) is 12.8 Å². The zero-order valence-corrected chi connectivity index (χ0v) is 13.4. The molecular formula is C18H27NO2. The molecular weight excluding hydrogens is 262 g/mol. The van der Waals surface area contributed by atoms with Gasteiger partial charge in [0.15, 0.2) is 0 Å². The Kier molecular flexibility index (Phi) is 5.80. The first-order valence-electron chi connectivity index (χ1n) is 8.06. The molecule has 1 aliphatic rings. The van der Waals surface area contributed by atoms with Gasteiger partial charge in [0.05, 0.1) is 12.2 Å². The molecule has 3 nitrogen and oxygen atoms in total. The average molecular weight is 289 g/mol. The van der Waals surface area contributed by atoms with Gasteiger partial charge in [0, 0.05) is 18.6 Å². The molecule has 3 heteroatoms. The van der Waals surface area contributed by atoms with Crippen LogP contribution in [0.2, 0.25) is 0 Å². The van der Waals surface area contributed by atoms with Crippen LogP contribution in [0.5, 0.6) is 0 Å². The standard InChI is InChI=1S/C18H27NO2/c1-14-12-15(2)19(16(3)13-14)10-7-11-21-18(20)17-8-5-4-6-9-17/h4-6,8-9,14-16H,7,10-13H2,1-3H3. The summed E-state index contributed by atoms with van der Waals surface area (Å²) in [6.07, 6.45) is 3.45. The van der Waals surface area contributed by atoms with Crippen molar-refractivity contribution in [2.75, 3.05) is 13.2 Å². The number of carbonyl (C=O) groups excluding carboxylic acids is 1. The fourth-order valence-corrected chi connectivity index (χ4v) is 3.48. The van der Waals surface area contributed by atoms with E-state index in [9.17, 15) is 4.79 Å². The number of esters is 1. The second-order valence-corrected chi connectivity index (χ2v) is 6.37. The van der Waals surface area contributed by atoms with Gasteiger partial charge in [0.25, 0.3) is 0 Å². The van der Waals surface area contributed by atoms with Crippen molar-refractivity contribution in [2.24, 2.45) is 5.92 Å². The molecule has 116 valence electrons. The highest BCUT2D eigenvalue weighted by Gasteiger charge is 2.28. The Hall–Kier alpha value is -1.35. The van der Waals surface area contributed by atoms with Gasteiger partial charge < -0.3 is 4.74 Å². The van der Waals surface area contributed by atoms with Crippen LogP contribution < -0.4 is 0 Å². The third kappa shape index (κ3) is 4.57. The third-order valence-corrected chi connectivity index (χ3v) is 4.42. The summed E-state index contributed by atoms with van der Waals surface area (Å²) < 4.78 is 5.35. The van der Waals surface area contributed by atoms with Crippen molar-refractivity contribution in [1.82, 2.24) is 4.90 Å². The van der Waals surface area contributed by atoms with E-state index >= 15 is 0 Å². The Morgan fingerprint density at radius 1 is 1.14 bits per heavy atom. The Balaban J connectivity index is 1.71. The van der Waals surface area contributed by atoms with Gasteiger partial charge in [-0.3, -0.25) is 4.90 Å². The van der Waals surface area contributed by atoms with Gasteiger partial charge in [-0.15, -0.1) is 0 Å². The summed E-state index contributed by atoms with van der Waals surface area (Å²) in [7, 11) is 0. The van der Waals surface area contributed by atoms with E-state index < -0.39 is 0 Å². The zero-order valence-electron chi connectivity index (χ0n) is 13.4. The monoisotopic (exact) mass is 289 g/mol. The summed E-state index contributed by atoms with van der Waals surface area (Å²) in [5.41, 5.74) is 0.631. The molecule has 1 aromatic carbocycles. The van der Waals surface area contributed by atoms with Crippen LogP contribution in [0.25, 0.3) is 0 Å². The number of rotatable bonds is 5. The van der Waals surface area contributed by atoms with Crippen LogP contribution in [-0.2, 0) is 4.74 Å². The highest BCUT2D eigenvalue weighted by Crippen LogP contribution is 2.27. The molecule has 2 unspecified atom stereocenters. The summed E-state index contributed by atoms with van der Waals surface area (Å²) in [4.78, 5) is 14.4. The lowest BCUT2D eigenvalue weighted by molar-refractivity contribution is 0.0418. The molecule has 2 atom stereocenters. The Morgan fingerprint density at radius 2 is 1.76 bits per heavy atom. The Bertz CT molecular complexity index is 434. The Morgan fingerprint density at radius 3 is 2.38 bits per heavy atom. The molecule has 0 aromatic heterocycles. The number of benzene rings is 1. The largest absolute Gasteiger partial charge is 0.462 e. The van der Waals surface area contributed by atoms with Gasteiger partial charge in [-0.1, -0.05) is 25.1 Å². The molecule has 2 rings (SSSR count). The van der Waals surface area contributed by atoms with Crippen molar-refractivity contribution in [3.63, 3.8) is 0 Å². The summed E-state index contributed by atoms with van der Waals surface area (Å²) in [6.45, 7) is 8.46. The first-order valence-corrected chi connectivity index (χ1v) is 8.06. The minimum absolute atomic E-state index is 0.219. The number of carbonyl (C=O) groups is 1. The molecule has 0 saturated carbocycles. The zero-order chi connectivity index (χ0) is 15.2. The lowest BCUT2D eigenvalue weighted by Gasteiger charge is -2.41. The minimum atomic E-state index is -0.219. The van der Waals surface area contributed by atoms with Gasteiger partial charge in [-0.25, -0.2) is 4.79 Å². The molecule has 21 heavy (non-hydrogen) atoms. The number of ether oxygens (including phenoxy) is 1. The molecule has 0 amide bonds. The molecule has 1 fully saturated rings. The summed E-state index contributed by atoms with van der Waals surface area (Å²) in [6, 6.07) is 10.5. The van der Waals surface area contributed by atoms with Gasteiger partial charge >= 0.3 is 5.97 Å². The number of hydrogen-bond donors (Lipinski definition) is 0. The van der Waals surface area contributed by atoms with Crippen LogP contribution in [0.4, 0.5) is 0 Å². The second-order valence-electron chi connectivity index (χ2n) is 6.37. The third-order valence-electron chi connectivity index (χ3n) is 4.42. The molecule has 1 aromatic rings. The van der Waals surface area contributed by atoms with Gasteiger partial charge in [-0.05, 0) is 51.2 Å². The predicted octanol–water partition coefficient (Wildman–Crippen LogP) is 3.74. The van der Waals surface area contributed by atoms with Crippen molar-refractivity contribution in [3.05, 3.63) is 35.9 Å². The molecule has 1 heterocycles. The maximum absolute atomic E-state index is 11.8. The van der Waals surface area contributed by atoms with Crippen LogP contribution in [0.3, 0.4) is 0 Å². The normalized spacial score (nSPS) is 26.5. The van der Waals surface area contributed by atoms with Crippen molar-refractivity contribution in [2.45, 2.75) is 52.1 Å². The summed E-state index contributed by atoms with van der Waals surface area (Å²) >= 11 is 0. The Labute approximate surface area is 128 Å². The SMILES string of the molecule is CC1CC(C)N(CCCOC(=O)c2ccccc2)C(C)C1. The van der Waals surface area contributed by atoms with Crippen molar-refractivity contribution in [1.29, 1.82) is 0 Å². The molecule has 0 aliphatic carbocycles. The maximum atomic E-state index is 11.8. The van der Waals surface area contributed by atoms with E-state index in [1.807, 2.05) is 18.2 Å². The number of hydrogen-bond acceptors (Lipinski definition) is 3. The van der Waals surface area contributed by atoms with Crippen molar-refractivity contribution < 1.29 is 9.53 Å². The quantitative estimate of drug-likeness (QED) is 0.611. The van der Waals surface area contributed by atoms with E-state index in [2.05, 4.69) is 25.7 Å². The highest BCUT2D eigenvalue weighted by atomic mass is 16.5. The lowest BCUT2D eigenvalue weighted by atomic mass is 9.88. The summed E-state index contributed by atoms with van der Waals surface area (Å²) in [5, 5.41) is 0. The fraction of sp³-hybridized carbons (Fsp3) is 0.611. The highest BCUT2D eigenvalue weighted by molar-refractivity contribution is 5.89. The van der Waals surface area contributed by atoms with Crippen molar-refractivity contribution >= 4 is 5.97 Å². The van der Waals surface area contributed by atoms with E-state index in [0.717, 1.165) is 18.9 Å². The number of likely N-dealkylation sites (tertiary alicyclic amines) is 1. The van der Waals surface area contributed by atoms with Crippen LogP contribution in [-0.4, -0.2) is 36.1 Å². The number of piperidine rings is 1. The topological polar surface area (TPSA) is 29.5 Å². The first-order chi connectivity index (χ1) is 10.1. The van der Waals surface area contributed by atoms with E-state index in [4.69, 9.17) is 4.74 Å². The first kappa shape index (κ1) is 16.0. The van der Waals surface area contributed by atoms with E-state index in [-0.39, 0.29) is 5.97 Å². The van der Waals surface area contributed by atoms with Crippen LogP contribution in [0.1, 0.15) is 50.4 Å². The smallest absolute Gasteiger partial charge is 0.338 e. The average Bonchev–Trinajstić information content (AvgIpc) is 2.46.